The van der Waals surface area contributed by atoms with Crippen LogP contribution in [-0.4, -0.2) is 54.9 Å². The van der Waals surface area contributed by atoms with Gasteiger partial charge in [-0.25, -0.2) is 4.98 Å². The van der Waals surface area contributed by atoms with Gasteiger partial charge in [0.15, 0.2) is 0 Å². The van der Waals surface area contributed by atoms with Gasteiger partial charge in [0.25, 0.3) is 0 Å². The van der Waals surface area contributed by atoms with Crippen LogP contribution in [0.4, 0.5) is 5.95 Å². The van der Waals surface area contributed by atoms with Crippen molar-refractivity contribution in [1.29, 1.82) is 0 Å². The first kappa shape index (κ1) is 22.3. The number of rotatable bonds is 5. The van der Waals surface area contributed by atoms with Gasteiger partial charge in [-0.1, -0.05) is 29.3 Å². The number of carbonyl (C=O) groups is 1. The second-order valence-electron chi connectivity index (χ2n) is 8.53. The first-order valence-electron chi connectivity index (χ1n) is 11.2. The molecule has 2 aromatic carbocycles. The third-order valence-corrected chi connectivity index (χ3v) is 7.14. The Bertz CT molecular complexity index is 1170. The van der Waals surface area contributed by atoms with Gasteiger partial charge in [-0.15, -0.1) is 0 Å². The van der Waals surface area contributed by atoms with Crippen LogP contribution in [0.5, 0.6) is 5.75 Å². The Morgan fingerprint density at radius 1 is 1.15 bits per heavy atom. The van der Waals surface area contributed by atoms with Gasteiger partial charge < -0.3 is 19.7 Å². The van der Waals surface area contributed by atoms with E-state index in [0.29, 0.717) is 16.7 Å². The molecule has 33 heavy (non-hydrogen) atoms. The molecule has 2 aliphatic rings. The van der Waals surface area contributed by atoms with Crippen LogP contribution in [0.15, 0.2) is 36.4 Å². The van der Waals surface area contributed by atoms with Crippen LogP contribution in [0.3, 0.4) is 0 Å². The maximum Gasteiger partial charge on any atom is 0.223 e. The number of amides is 1. The molecule has 9 heteroatoms. The standard InChI is InChI=1S/C24H26Cl2N4O3/c1-32-18-4-2-3-17(11-18)30-22-13-20(26)19(25)12-21(22)28-24(30)29-8-5-15(6-9-29)23(31)27-16-7-10-33-14-16/h2-4,11-13,15-16H,5-10,14H2,1H3,(H,27,31). The van der Waals surface area contributed by atoms with Gasteiger partial charge >= 0.3 is 0 Å². The number of aromatic nitrogens is 2. The second kappa shape index (κ2) is 9.41. The minimum absolute atomic E-state index is 0.000358. The molecule has 1 unspecified atom stereocenters. The first-order valence-corrected chi connectivity index (χ1v) is 11.9. The lowest BCUT2D eigenvalue weighted by molar-refractivity contribution is -0.126. The average molecular weight is 489 g/mol. The summed E-state index contributed by atoms with van der Waals surface area (Å²) in [6, 6.07) is 11.6. The van der Waals surface area contributed by atoms with Crippen molar-refractivity contribution in [3.63, 3.8) is 0 Å². The number of anilines is 1. The van der Waals surface area contributed by atoms with Gasteiger partial charge in [-0.2, -0.15) is 0 Å². The topological polar surface area (TPSA) is 68.6 Å². The third kappa shape index (κ3) is 4.50. The Balaban J connectivity index is 1.43. The molecule has 1 atom stereocenters. The van der Waals surface area contributed by atoms with E-state index in [1.807, 2.05) is 30.3 Å². The van der Waals surface area contributed by atoms with Crippen molar-refractivity contribution >= 4 is 46.1 Å². The van der Waals surface area contributed by atoms with Crippen molar-refractivity contribution in [2.24, 2.45) is 5.92 Å². The molecule has 0 aliphatic carbocycles. The summed E-state index contributed by atoms with van der Waals surface area (Å²) in [5.41, 5.74) is 2.56. The molecule has 3 aromatic rings. The Morgan fingerprint density at radius 2 is 1.94 bits per heavy atom. The molecule has 2 saturated heterocycles. The smallest absolute Gasteiger partial charge is 0.223 e. The van der Waals surface area contributed by atoms with Gasteiger partial charge in [0.2, 0.25) is 11.9 Å². The highest BCUT2D eigenvalue weighted by molar-refractivity contribution is 6.42. The van der Waals surface area contributed by atoms with Crippen molar-refractivity contribution in [3.8, 4) is 11.4 Å². The van der Waals surface area contributed by atoms with Gasteiger partial charge in [0.1, 0.15) is 5.75 Å². The fraction of sp³-hybridized carbons (Fsp3) is 0.417. The summed E-state index contributed by atoms with van der Waals surface area (Å²) < 4.78 is 12.9. The number of imidazole rings is 1. The number of benzene rings is 2. The van der Waals surface area contributed by atoms with Crippen LogP contribution in [0.1, 0.15) is 19.3 Å². The van der Waals surface area contributed by atoms with Crippen LogP contribution in [-0.2, 0) is 9.53 Å². The predicted octanol–water partition coefficient (Wildman–Crippen LogP) is 4.46. The van der Waals surface area contributed by atoms with Crippen LogP contribution in [0.2, 0.25) is 10.0 Å². The normalized spacial score (nSPS) is 19.2. The van der Waals surface area contributed by atoms with Crippen LogP contribution < -0.4 is 15.0 Å². The minimum Gasteiger partial charge on any atom is -0.497 e. The molecule has 5 rings (SSSR count). The SMILES string of the molecule is COc1cccc(-n2c(N3CCC(C(=O)NC4CCOC4)CC3)nc3cc(Cl)c(Cl)cc32)c1. The Kier molecular flexibility index (Phi) is 6.36. The molecule has 0 radical (unpaired) electrons. The van der Waals surface area contributed by atoms with E-state index in [-0.39, 0.29) is 17.9 Å². The van der Waals surface area contributed by atoms with Crippen molar-refractivity contribution in [3.05, 3.63) is 46.4 Å². The zero-order chi connectivity index (χ0) is 22.9. The van der Waals surface area contributed by atoms with Crippen LogP contribution in [0, 0.1) is 5.92 Å². The number of nitrogens with one attached hydrogen (secondary N) is 1. The number of hydrogen-bond acceptors (Lipinski definition) is 5. The Labute approximate surface area is 202 Å². The number of piperidine rings is 1. The second-order valence-corrected chi connectivity index (χ2v) is 9.35. The number of hydrogen-bond donors (Lipinski definition) is 1. The van der Waals surface area contributed by atoms with E-state index in [1.54, 1.807) is 13.2 Å². The first-order chi connectivity index (χ1) is 16.0. The molecule has 2 fully saturated rings. The van der Waals surface area contributed by atoms with E-state index in [0.717, 1.165) is 67.4 Å². The number of carbonyl (C=O) groups excluding carboxylic acids is 1. The summed E-state index contributed by atoms with van der Waals surface area (Å²) in [6.45, 7) is 2.79. The molecule has 0 saturated carbocycles. The highest BCUT2D eigenvalue weighted by Crippen LogP contribution is 2.35. The zero-order valence-electron chi connectivity index (χ0n) is 18.4. The quantitative estimate of drug-likeness (QED) is 0.573. The summed E-state index contributed by atoms with van der Waals surface area (Å²) in [5.74, 6) is 1.69. The lowest BCUT2D eigenvalue weighted by Gasteiger charge is -2.32. The number of methoxy groups -OCH3 is 1. The molecular formula is C24H26Cl2N4O3. The number of nitrogens with zero attached hydrogens (tertiary/aromatic N) is 3. The fourth-order valence-corrected chi connectivity index (χ4v) is 4.90. The largest absolute Gasteiger partial charge is 0.497 e. The zero-order valence-corrected chi connectivity index (χ0v) is 19.9. The fourth-order valence-electron chi connectivity index (χ4n) is 4.59. The molecular weight excluding hydrogens is 463 g/mol. The molecule has 3 heterocycles. The van der Waals surface area contributed by atoms with Gasteiger partial charge in [-0.05, 0) is 43.5 Å². The molecule has 0 spiro atoms. The van der Waals surface area contributed by atoms with Crippen LogP contribution >= 0.6 is 23.2 Å². The molecule has 0 bridgehead atoms. The lowest BCUT2D eigenvalue weighted by Crippen LogP contribution is -2.44. The van der Waals surface area contributed by atoms with Crippen molar-refractivity contribution in [2.45, 2.75) is 25.3 Å². The number of ether oxygens (including phenoxy) is 2. The highest BCUT2D eigenvalue weighted by Gasteiger charge is 2.30. The average Bonchev–Trinajstić information content (AvgIpc) is 3.47. The van der Waals surface area contributed by atoms with Crippen molar-refractivity contribution in [2.75, 3.05) is 38.3 Å². The van der Waals surface area contributed by atoms with Gasteiger partial charge in [-0.3, -0.25) is 9.36 Å². The van der Waals surface area contributed by atoms with E-state index < -0.39 is 0 Å². The maximum atomic E-state index is 12.7. The Hall–Kier alpha value is -2.48. The summed E-state index contributed by atoms with van der Waals surface area (Å²) in [5, 5.41) is 4.09. The lowest BCUT2D eigenvalue weighted by atomic mass is 9.95. The summed E-state index contributed by atoms with van der Waals surface area (Å²) in [7, 11) is 1.65. The van der Waals surface area contributed by atoms with Gasteiger partial charge in [0, 0.05) is 31.7 Å². The van der Waals surface area contributed by atoms with E-state index in [2.05, 4.69) is 14.8 Å². The van der Waals surface area contributed by atoms with E-state index in [9.17, 15) is 4.79 Å². The molecule has 1 N–H and O–H groups in total. The predicted molar refractivity (Wildman–Crippen MR) is 130 cm³/mol. The molecule has 1 aromatic heterocycles. The number of fused-ring (bicyclic) bond motifs is 1. The minimum atomic E-state index is 0.000358. The van der Waals surface area contributed by atoms with E-state index in [1.165, 1.54) is 0 Å². The highest BCUT2D eigenvalue weighted by atomic mass is 35.5. The van der Waals surface area contributed by atoms with Crippen molar-refractivity contribution in [1.82, 2.24) is 14.9 Å². The molecule has 1 amide bonds. The maximum absolute atomic E-state index is 12.7. The van der Waals surface area contributed by atoms with Crippen LogP contribution in [0.25, 0.3) is 16.7 Å². The third-order valence-electron chi connectivity index (χ3n) is 6.42. The molecule has 174 valence electrons. The summed E-state index contributed by atoms with van der Waals surface area (Å²) in [4.78, 5) is 19.9. The monoisotopic (exact) mass is 488 g/mol. The van der Waals surface area contributed by atoms with Gasteiger partial charge in [0.05, 0.1) is 46.5 Å². The summed E-state index contributed by atoms with van der Waals surface area (Å²) in [6.07, 6.45) is 2.42. The van der Waals surface area contributed by atoms with E-state index in [4.69, 9.17) is 37.7 Å². The molecule has 7 nitrogen and oxygen atoms in total. The van der Waals surface area contributed by atoms with Crippen molar-refractivity contribution < 1.29 is 14.3 Å². The molecule has 2 aliphatic heterocycles. The summed E-state index contributed by atoms with van der Waals surface area (Å²) >= 11 is 12.6. The number of halogens is 2. The van der Waals surface area contributed by atoms with E-state index >= 15 is 0 Å². The Morgan fingerprint density at radius 3 is 2.67 bits per heavy atom.